The van der Waals surface area contributed by atoms with Crippen LogP contribution in [0.5, 0.6) is 0 Å². The molecular weight excluding hydrogens is 252 g/mol. The highest BCUT2D eigenvalue weighted by Gasteiger charge is 2.09. The van der Waals surface area contributed by atoms with Gasteiger partial charge >= 0.3 is 0 Å². The minimum absolute atomic E-state index is 0.712. The van der Waals surface area contributed by atoms with Crippen molar-refractivity contribution in [2.75, 3.05) is 31.7 Å². The summed E-state index contributed by atoms with van der Waals surface area (Å²) in [4.78, 5) is 14.5. The molecule has 0 fully saturated rings. The van der Waals surface area contributed by atoms with E-state index in [4.69, 9.17) is 4.74 Å². The third kappa shape index (κ3) is 3.30. The van der Waals surface area contributed by atoms with Crippen molar-refractivity contribution in [1.82, 2.24) is 15.0 Å². The number of anilines is 1. The summed E-state index contributed by atoms with van der Waals surface area (Å²) in [5.41, 5.74) is 3.39. The van der Waals surface area contributed by atoms with E-state index in [2.05, 4.69) is 51.9 Å². The highest BCUT2D eigenvalue weighted by Crippen LogP contribution is 2.24. The number of hydrogen-bond donors (Lipinski definition) is 0. The van der Waals surface area contributed by atoms with Crippen LogP contribution in [0.1, 0.15) is 12.5 Å². The molecule has 5 nitrogen and oxygen atoms in total. The van der Waals surface area contributed by atoms with Gasteiger partial charge in [0.05, 0.1) is 6.61 Å². The predicted molar refractivity (Wildman–Crippen MR) is 79.8 cm³/mol. The molecule has 0 radical (unpaired) electrons. The average molecular weight is 272 g/mol. The maximum Gasteiger partial charge on any atom is 0.162 e. The van der Waals surface area contributed by atoms with Gasteiger partial charge in [0.25, 0.3) is 0 Å². The SMILES string of the molecule is CCN(CCOC)c1ccc(-c2ncncn2)c(C)c1. The highest BCUT2D eigenvalue weighted by atomic mass is 16.5. The lowest BCUT2D eigenvalue weighted by Crippen LogP contribution is -2.26. The van der Waals surface area contributed by atoms with Gasteiger partial charge < -0.3 is 9.64 Å². The summed E-state index contributed by atoms with van der Waals surface area (Å²) in [7, 11) is 1.73. The fraction of sp³-hybridized carbons (Fsp3) is 0.400. The molecule has 2 rings (SSSR count). The lowest BCUT2D eigenvalue weighted by molar-refractivity contribution is 0.205. The molecule has 2 aromatic rings. The molecule has 1 aromatic heterocycles. The molecule has 0 saturated carbocycles. The van der Waals surface area contributed by atoms with Crippen LogP contribution in [0.2, 0.25) is 0 Å². The molecule has 1 aromatic carbocycles. The van der Waals surface area contributed by atoms with Crippen molar-refractivity contribution in [3.05, 3.63) is 36.4 Å². The Morgan fingerprint density at radius 3 is 2.55 bits per heavy atom. The van der Waals surface area contributed by atoms with Crippen LogP contribution in [0.15, 0.2) is 30.9 Å². The Balaban J connectivity index is 2.25. The van der Waals surface area contributed by atoms with Crippen molar-refractivity contribution in [3.63, 3.8) is 0 Å². The number of nitrogens with zero attached hydrogens (tertiary/aromatic N) is 4. The van der Waals surface area contributed by atoms with Crippen LogP contribution in [0.25, 0.3) is 11.4 Å². The van der Waals surface area contributed by atoms with E-state index in [1.165, 1.54) is 18.3 Å². The Morgan fingerprint density at radius 1 is 1.20 bits per heavy atom. The minimum Gasteiger partial charge on any atom is -0.383 e. The first kappa shape index (κ1) is 14.4. The molecule has 0 aliphatic carbocycles. The summed E-state index contributed by atoms with van der Waals surface area (Å²) in [5.74, 6) is 0.712. The number of aryl methyl sites for hydroxylation is 1. The Kier molecular flexibility index (Phi) is 5.01. The molecule has 0 aliphatic rings. The van der Waals surface area contributed by atoms with Crippen LogP contribution >= 0.6 is 0 Å². The average Bonchev–Trinajstić information content (AvgIpc) is 2.49. The van der Waals surface area contributed by atoms with E-state index in [-0.39, 0.29) is 0 Å². The molecule has 0 aliphatic heterocycles. The minimum atomic E-state index is 0.712. The predicted octanol–water partition coefficient (Wildman–Crippen LogP) is 2.32. The number of aromatic nitrogens is 3. The lowest BCUT2D eigenvalue weighted by atomic mass is 10.1. The molecule has 5 heteroatoms. The monoisotopic (exact) mass is 272 g/mol. The van der Waals surface area contributed by atoms with Gasteiger partial charge in [-0.1, -0.05) is 0 Å². The largest absolute Gasteiger partial charge is 0.383 e. The first-order valence-corrected chi connectivity index (χ1v) is 6.73. The van der Waals surface area contributed by atoms with Gasteiger partial charge in [-0.3, -0.25) is 0 Å². The molecular formula is C15H20N4O. The molecule has 0 unspecified atom stereocenters. The van der Waals surface area contributed by atoms with Crippen LogP contribution in [0, 0.1) is 6.92 Å². The van der Waals surface area contributed by atoms with Crippen molar-refractivity contribution in [1.29, 1.82) is 0 Å². The summed E-state index contributed by atoms with van der Waals surface area (Å²) in [6.45, 7) is 6.78. The van der Waals surface area contributed by atoms with E-state index in [1.807, 2.05) is 0 Å². The number of benzene rings is 1. The van der Waals surface area contributed by atoms with Gasteiger partial charge in [-0.25, -0.2) is 15.0 Å². The van der Waals surface area contributed by atoms with Gasteiger partial charge in [-0.05, 0) is 37.6 Å². The maximum atomic E-state index is 5.15. The van der Waals surface area contributed by atoms with E-state index >= 15 is 0 Å². The van der Waals surface area contributed by atoms with Crippen LogP contribution in [0.3, 0.4) is 0 Å². The van der Waals surface area contributed by atoms with E-state index in [0.717, 1.165) is 30.8 Å². The lowest BCUT2D eigenvalue weighted by Gasteiger charge is -2.23. The zero-order valence-electron chi connectivity index (χ0n) is 12.2. The van der Waals surface area contributed by atoms with Gasteiger partial charge in [0, 0.05) is 31.5 Å². The topological polar surface area (TPSA) is 51.1 Å². The quantitative estimate of drug-likeness (QED) is 0.807. The number of methoxy groups -OCH3 is 1. The number of ether oxygens (including phenoxy) is 1. The van der Waals surface area contributed by atoms with Gasteiger partial charge in [0.2, 0.25) is 0 Å². The molecule has 0 amide bonds. The van der Waals surface area contributed by atoms with Crippen molar-refractivity contribution < 1.29 is 4.74 Å². The molecule has 1 heterocycles. The molecule has 20 heavy (non-hydrogen) atoms. The molecule has 106 valence electrons. The van der Waals surface area contributed by atoms with Crippen LogP contribution in [-0.2, 0) is 4.74 Å². The summed E-state index contributed by atoms with van der Waals surface area (Å²) in [6.07, 6.45) is 3.04. The molecule has 0 N–H and O–H groups in total. The third-order valence-corrected chi connectivity index (χ3v) is 3.26. The van der Waals surface area contributed by atoms with E-state index in [0.29, 0.717) is 5.82 Å². The number of rotatable bonds is 6. The third-order valence-electron chi connectivity index (χ3n) is 3.26. The second-order valence-corrected chi connectivity index (χ2v) is 4.53. The zero-order valence-corrected chi connectivity index (χ0v) is 12.2. The number of likely N-dealkylation sites (N-methyl/N-ethyl adjacent to an activating group) is 1. The van der Waals surface area contributed by atoms with Crippen molar-refractivity contribution >= 4 is 5.69 Å². The molecule has 0 atom stereocenters. The Bertz CT molecular complexity index is 545. The number of hydrogen-bond acceptors (Lipinski definition) is 5. The fourth-order valence-corrected chi connectivity index (χ4v) is 2.14. The van der Waals surface area contributed by atoms with Crippen LogP contribution in [-0.4, -0.2) is 41.8 Å². The normalized spacial score (nSPS) is 10.6. The summed E-state index contributed by atoms with van der Waals surface area (Å²) in [5, 5.41) is 0. The van der Waals surface area contributed by atoms with E-state index in [1.54, 1.807) is 7.11 Å². The van der Waals surface area contributed by atoms with Gasteiger partial charge in [-0.2, -0.15) is 0 Å². The second kappa shape index (κ2) is 6.96. The van der Waals surface area contributed by atoms with Crippen molar-refractivity contribution in [3.8, 4) is 11.4 Å². The maximum absolute atomic E-state index is 5.15. The van der Waals surface area contributed by atoms with E-state index in [9.17, 15) is 0 Å². The van der Waals surface area contributed by atoms with Crippen molar-refractivity contribution in [2.24, 2.45) is 0 Å². The summed E-state index contributed by atoms with van der Waals surface area (Å²) < 4.78 is 5.15. The first-order chi connectivity index (χ1) is 9.76. The first-order valence-electron chi connectivity index (χ1n) is 6.73. The fourth-order valence-electron chi connectivity index (χ4n) is 2.14. The second-order valence-electron chi connectivity index (χ2n) is 4.53. The highest BCUT2D eigenvalue weighted by molar-refractivity contribution is 5.64. The Morgan fingerprint density at radius 2 is 1.95 bits per heavy atom. The van der Waals surface area contributed by atoms with Crippen molar-refractivity contribution in [2.45, 2.75) is 13.8 Å². The summed E-state index contributed by atoms with van der Waals surface area (Å²) in [6, 6.07) is 6.33. The summed E-state index contributed by atoms with van der Waals surface area (Å²) >= 11 is 0. The van der Waals surface area contributed by atoms with Gasteiger partial charge in [-0.15, -0.1) is 0 Å². The Labute approximate surface area is 119 Å². The standard InChI is InChI=1S/C15H20N4O/c1-4-19(7-8-20-3)13-5-6-14(12(2)9-13)15-17-10-16-11-18-15/h5-6,9-11H,4,7-8H2,1-3H3. The molecule has 0 bridgehead atoms. The van der Waals surface area contributed by atoms with Gasteiger partial charge in [0.15, 0.2) is 5.82 Å². The van der Waals surface area contributed by atoms with Gasteiger partial charge in [0.1, 0.15) is 12.7 Å². The smallest absolute Gasteiger partial charge is 0.162 e. The molecule has 0 spiro atoms. The zero-order chi connectivity index (χ0) is 14.4. The van der Waals surface area contributed by atoms with Crippen LogP contribution < -0.4 is 4.90 Å². The molecule has 0 saturated heterocycles. The Hall–Kier alpha value is -2.01. The van der Waals surface area contributed by atoms with Crippen LogP contribution in [0.4, 0.5) is 5.69 Å². The van der Waals surface area contributed by atoms with E-state index < -0.39 is 0 Å².